The largest absolute Gasteiger partial charge is 0.261 e. The summed E-state index contributed by atoms with van der Waals surface area (Å²) in [6, 6.07) is 6.44. The molecule has 0 fully saturated rings. The van der Waals surface area contributed by atoms with E-state index in [4.69, 9.17) is 0 Å². The van der Waals surface area contributed by atoms with Gasteiger partial charge < -0.3 is 0 Å². The van der Waals surface area contributed by atoms with Crippen LogP contribution in [-0.2, 0) is 6.42 Å². The van der Waals surface area contributed by atoms with E-state index < -0.39 is 0 Å². The van der Waals surface area contributed by atoms with Crippen LogP contribution in [-0.4, -0.2) is 6.21 Å². The Morgan fingerprint density at radius 3 is 2.40 bits per heavy atom. The molecule has 1 aliphatic rings. The van der Waals surface area contributed by atoms with Gasteiger partial charge in [-0.1, -0.05) is 45.4 Å². The maximum Gasteiger partial charge on any atom is 0.0657 e. The van der Waals surface area contributed by atoms with Crippen LogP contribution in [0, 0.1) is 6.92 Å². The highest BCUT2D eigenvalue weighted by molar-refractivity contribution is 5.68. The normalized spacial score (nSPS) is 11.5. The maximum atomic E-state index is 4.31. The molecular formula is C14H23N. The van der Waals surface area contributed by atoms with Crippen LogP contribution in [0.3, 0.4) is 0 Å². The van der Waals surface area contributed by atoms with Gasteiger partial charge in [0.05, 0.1) is 5.69 Å². The SMILES string of the molecule is CC.CC.Cc1ccc2c(c1)CCC=N2. The minimum absolute atomic E-state index is 1.09. The van der Waals surface area contributed by atoms with Crippen LogP contribution < -0.4 is 0 Å². The molecule has 0 unspecified atom stereocenters. The van der Waals surface area contributed by atoms with Crippen LogP contribution in [0.2, 0.25) is 0 Å². The van der Waals surface area contributed by atoms with Crippen molar-refractivity contribution in [2.24, 2.45) is 4.99 Å². The number of nitrogens with zero attached hydrogens (tertiary/aromatic N) is 1. The van der Waals surface area contributed by atoms with Crippen LogP contribution in [0.1, 0.15) is 45.2 Å². The molecule has 0 amide bonds. The zero-order valence-corrected chi connectivity index (χ0v) is 10.7. The summed E-state index contributed by atoms with van der Waals surface area (Å²) in [7, 11) is 0. The fourth-order valence-electron chi connectivity index (χ4n) is 1.42. The third-order valence-corrected chi connectivity index (χ3v) is 2.01. The molecule has 0 spiro atoms. The molecule has 2 rings (SSSR count). The highest BCUT2D eigenvalue weighted by atomic mass is 14.7. The molecule has 0 bridgehead atoms. The van der Waals surface area contributed by atoms with Gasteiger partial charge in [0.1, 0.15) is 0 Å². The van der Waals surface area contributed by atoms with E-state index in [-0.39, 0.29) is 0 Å². The third-order valence-electron chi connectivity index (χ3n) is 2.01. The van der Waals surface area contributed by atoms with Crippen LogP contribution in [0.15, 0.2) is 23.2 Å². The third kappa shape index (κ3) is 4.28. The van der Waals surface area contributed by atoms with Crippen LogP contribution in [0.5, 0.6) is 0 Å². The number of fused-ring (bicyclic) bond motifs is 1. The van der Waals surface area contributed by atoms with E-state index in [1.807, 2.05) is 33.9 Å². The second-order valence-corrected chi connectivity index (χ2v) is 2.98. The van der Waals surface area contributed by atoms with Crippen molar-refractivity contribution in [3.05, 3.63) is 29.3 Å². The van der Waals surface area contributed by atoms with E-state index in [0.717, 1.165) is 18.5 Å². The molecule has 1 heterocycles. The predicted molar refractivity (Wildman–Crippen MR) is 70.3 cm³/mol. The van der Waals surface area contributed by atoms with Crippen molar-refractivity contribution >= 4 is 11.9 Å². The summed E-state index contributed by atoms with van der Waals surface area (Å²) < 4.78 is 0. The minimum atomic E-state index is 1.09. The lowest BCUT2D eigenvalue weighted by Gasteiger charge is -2.09. The summed E-state index contributed by atoms with van der Waals surface area (Å²) in [6.45, 7) is 10.1. The fourth-order valence-corrected chi connectivity index (χ4v) is 1.42. The van der Waals surface area contributed by atoms with E-state index in [2.05, 4.69) is 30.1 Å². The van der Waals surface area contributed by atoms with E-state index in [1.54, 1.807) is 0 Å². The molecular weight excluding hydrogens is 182 g/mol. The average Bonchev–Trinajstić information content (AvgIpc) is 2.34. The molecule has 0 radical (unpaired) electrons. The first kappa shape index (κ1) is 13.9. The summed E-state index contributed by atoms with van der Waals surface area (Å²) >= 11 is 0. The molecule has 0 atom stereocenters. The molecule has 15 heavy (non-hydrogen) atoms. The van der Waals surface area contributed by atoms with Crippen molar-refractivity contribution < 1.29 is 0 Å². The highest BCUT2D eigenvalue weighted by Gasteiger charge is 2.03. The number of aliphatic imine (C=N–C) groups is 1. The number of aryl methyl sites for hydroxylation is 2. The van der Waals surface area contributed by atoms with E-state index in [0.29, 0.717) is 0 Å². The van der Waals surface area contributed by atoms with Gasteiger partial charge in [-0.2, -0.15) is 0 Å². The van der Waals surface area contributed by atoms with Crippen LogP contribution in [0.25, 0.3) is 0 Å². The Kier molecular flexibility index (Phi) is 7.61. The van der Waals surface area contributed by atoms with Crippen LogP contribution >= 0.6 is 0 Å². The van der Waals surface area contributed by atoms with E-state index >= 15 is 0 Å². The quantitative estimate of drug-likeness (QED) is 0.582. The Labute approximate surface area is 94.3 Å². The lowest BCUT2D eigenvalue weighted by atomic mass is 10.0. The molecule has 0 aromatic heterocycles. The van der Waals surface area contributed by atoms with Gasteiger partial charge >= 0.3 is 0 Å². The molecule has 1 nitrogen and oxygen atoms in total. The Morgan fingerprint density at radius 2 is 1.73 bits per heavy atom. The average molecular weight is 205 g/mol. The zero-order chi connectivity index (χ0) is 11.7. The second kappa shape index (κ2) is 8.22. The molecule has 0 aliphatic carbocycles. The number of hydrogen-bond acceptors (Lipinski definition) is 1. The summed E-state index contributed by atoms with van der Waals surface area (Å²) in [6.07, 6.45) is 4.24. The predicted octanol–water partition coefficient (Wildman–Crippen LogP) is 4.70. The Balaban J connectivity index is 0.000000442. The summed E-state index contributed by atoms with van der Waals surface area (Å²) in [5.41, 5.74) is 3.88. The van der Waals surface area contributed by atoms with Crippen molar-refractivity contribution in [3.8, 4) is 0 Å². The molecule has 1 aromatic rings. The van der Waals surface area contributed by atoms with Crippen molar-refractivity contribution in [3.63, 3.8) is 0 Å². The van der Waals surface area contributed by atoms with E-state index in [9.17, 15) is 0 Å². The van der Waals surface area contributed by atoms with Crippen molar-refractivity contribution in [2.45, 2.75) is 47.5 Å². The Hall–Kier alpha value is -1.11. The smallest absolute Gasteiger partial charge is 0.0657 e. The number of benzene rings is 1. The monoisotopic (exact) mass is 205 g/mol. The first-order valence-electron chi connectivity index (χ1n) is 5.98. The van der Waals surface area contributed by atoms with Gasteiger partial charge in [-0.25, -0.2) is 0 Å². The lowest BCUT2D eigenvalue weighted by Crippen LogP contribution is -1.93. The van der Waals surface area contributed by atoms with Gasteiger partial charge in [0.2, 0.25) is 0 Å². The lowest BCUT2D eigenvalue weighted by molar-refractivity contribution is 1.02. The van der Waals surface area contributed by atoms with Crippen molar-refractivity contribution in [1.29, 1.82) is 0 Å². The standard InChI is InChI=1S/C10H11N.2C2H6/c1-8-4-5-10-9(7-8)3-2-6-11-10;2*1-2/h4-7H,2-3H2,1H3;2*1-2H3. The summed E-state index contributed by atoms with van der Waals surface area (Å²) in [4.78, 5) is 4.31. The van der Waals surface area contributed by atoms with E-state index in [1.165, 1.54) is 11.1 Å². The molecule has 0 saturated carbocycles. The summed E-state index contributed by atoms with van der Waals surface area (Å²) in [5, 5.41) is 0. The summed E-state index contributed by atoms with van der Waals surface area (Å²) in [5.74, 6) is 0. The molecule has 1 heteroatoms. The molecule has 0 saturated heterocycles. The molecule has 1 aromatic carbocycles. The van der Waals surface area contributed by atoms with Gasteiger partial charge in [0.15, 0.2) is 0 Å². The topological polar surface area (TPSA) is 12.4 Å². The van der Waals surface area contributed by atoms with Gasteiger partial charge in [-0.05, 0) is 31.4 Å². The molecule has 1 aliphatic heterocycles. The Morgan fingerprint density at radius 1 is 1.07 bits per heavy atom. The fraction of sp³-hybridized carbons (Fsp3) is 0.500. The Bertz CT molecular complexity index is 300. The number of hydrogen-bond donors (Lipinski definition) is 0. The zero-order valence-electron chi connectivity index (χ0n) is 10.7. The van der Waals surface area contributed by atoms with Gasteiger partial charge in [-0.15, -0.1) is 0 Å². The van der Waals surface area contributed by atoms with Crippen molar-refractivity contribution in [1.82, 2.24) is 0 Å². The van der Waals surface area contributed by atoms with Gasteiger partial charge in [0.25, 0.3) is 0 Å². The minimum Gasteiger partial charge on any atom is -0.261 e. The first-order valence-corrected chi connectivity index (χ1v) is 5.98. The molecule has 0 N–H and O–H groups in total. The second-order valence-electron chi connectivity index (χ2n) is 2.98. The molecule has 84 valence electrons. The first-order chi connectivity index (χ1) is 7.36. The van der Waals surface area contributed by atoms with Gasteiger partial charge in [-0.3, -0.25) is 4.99 Å². The maximum absolute atomic E-state index is 4.31. The van der Waals surface area contributed by atoms with Crippen LogP contribution in [0.4, 0.5) is 5.69 Å². The van der Waals surface area contributed by atoms with Gasteiger partial charge in [0, 0.05) is 6.21 Å². The highest BCUT2D eigenvalue weighted by Crippen LogP contribution is 2.24. The number of rotatable bonds is 0. The van der Waals surface area contributed by atoms with Crippen molar-refractivity contribution in [2.75, 3.05) is 0 Å².